The number of thiazole rings is 1. The van der Waals surface area contributed by atoms with Crippen molar-refractivity contribution in [1.82, 2.24) is 14.7 Å². The van der Waals surface area contributed by atoms with Crippen LogP contribution >= 0.6 is 11.3 Å². The van der Waals surface area contributed by atoms with Crippen LogP contribution in [0.25, 0.3) is 4.96 Å². The summed E-state index contributed by atoms with van der Waals surface area (Å²) >= 11 is 1.57. The zero-order valence-corrected chi connectivity index (χ0v) is 13.6. The minimum atomic E-state index is -0.00202. The molecule has 0 aliphatic heterocycles. The minimum Gasteiger partial charge on any atom is -0.349 e. The van der Waals surface area contributed by atoms with Crippen LogP contribution in [-0.4, -0.2) is 15.3 Å². The van der Waals surface area contributed by atoms with Crippen LogP contribution < -0.4 is 5.32 Å². The van der Waals surface area contributed by atoms with E-state index < -0.39 is 0 Å². The molecule has 1 amide bonds. The lowest BCUT2D eigenvalue weighted by atomic mass is 10.0. The number of nitrogens with one attached hydrogen (secondary N) is 1. The molecule has 2 aromatic heterocycles. The number of carbonyl (C=O) groups is 1. The molecular formula is C17H19N3OS. The normalized spacial score (nSPS) is 12.5. The second kappa shape index (κ2) is 6.32. The van der Waals surface area contributed by atoms with E-state index in [1.807, 2.05) is 29.1 Å². The Bertz CT molecular complexity index is 744. The predicted molar refractivity (Wildman–Crippen MR) is 89.2 cm³/mol. The molecule has 22 heavy (non-hydrogen) atoms. The van der Waals surface area contributed by atoms with Gasteiger partial charge < -0.3 is 5.32 Å². The summed E-state index contributed by atoms with van der Waals surface area (Å²) in [6.45, 7) is 4.14. The highest BCUT2D eigenvalue weighted by atomic mass is 32.1. The molecule has 1 aromatic carbocycles. The van der Waals surface area contributed by atoms with Crippen LogP contribution in [-0.2, 0) is 17.6 Å². The van der Waals surface area contributed by atoms with Gasteiger partial charge in [-0.25, -0.2) is 4.98 Å². The van der Waals surface area contributed by atoms with Crippen molar-refractivity contribution in [2.45, 2.75) is 32.7 Å². The highest BCUT2D eigenvalue weighted by Crippen LogP contribution is 2.15. The standard InChI is InChI=1S/C17H19N3OS/c1-3-13-4-6-14(7-5-13)12(2)18-16(21)10-15-11-20-8-9-22-17(20)19-15/h4-9,11-12H,3,10H2,1-2H3,(H,18,21). The molecule has 3 aromatic rings. The molecule has 0 radical (unpaired) electrons. The van der Waals surface area contributed by atoms with Crippen LogP contribution in [0.1, 0.15) is 36.7 Å². The maximum atomic E-state index is 12.2. The Hall–Kier alpha value is -2.14. The van der Waals surface area contributed by atoms with Gasteiger partial charge in [-0.05, 0) is 24.5 Å². The third-order valence-electron chi connectivity index (χ3n) is 3.75. The molecule has 0 aliphatic rings. The maximum absolute atomic E-state index is 12.2. The lowest BCUT2D eigenvalue weighted by Crippen LogP contribution is -2.28. The van der Waals surface area contributed by atoms with Crippen molar-refractivity contribution in [3.05, 3.63) is 58.9 Å². The second-order valence-corrected chi connectivity index (χ2v) is 6.26. The van der Waals surface area contributed by atoms with Crippen LogP contribution in [0, 0.1) is 0 Å². The van der Waals surface area contributed by atoms with E-state index in [2.05, 4.69) is 41.5 Å². The second-order valence-electron chi connectivity index (χ2n) is 5.39. The smallest absolute Gasteiger partial charge is 0.226 e. The summed E-state index contributed by atoms with van der Waals surface area (Å²) in [5.41, 5.74) is 3.23. The van der Waals surface area contributed by atoms with Crippen LogP contribution in [0.3, 0.4) is 0 Å². The first-order valence-corrected chi connectivity index (χ1v) is 8.33. The van der Waals surface area contributed by atoms with Crippen molar-refractivity contribution >= 4 is 22.2 Å². The summed E-state index contributed by atoms with van der Waals surface area (Å²) in [5, 5.41) is 5.01. The molecule has 0 spiro atoms. The van der Waals surface area contributed by atoms with Crippen LogP contribution in [0.5, 0.6) is 0 Å². The van der Waals surface area contributed by atoms with Gasteiger partial charge in [0.2, 0.25) is 5.91 Å². The number of carbonyl (C=O) groups excluding carboxylic acids is 1. The van der Waals surface area contributed by atoms with Gasteiger partial charge in [-0.15, -0.1) is 11.3 Å². The van der Waals surface area contributed by atoms with E-state index in [0.717, 1.165) is 22.6 Å². The number of hydrogen-bond acceptors (Lipinski definition) is 3. The zero-order valence-electron chi connectivity index (χ0n) is 12.7. The lowest BCUT2D eigenvalue weighted by molar-refractivity contribution is -0.121. The average molecular weight is 313 g/mol. The number of benzene rings is 1. The molecule has 5 heteroatoms. The number of hydrogen-bond donors (Lipinski definition) is 1. The molecule has 0 fully saturated rings. The number of nitrogens with zero attached hydrogens (tertiary/aromatic N) is 2. The minimum absolute atomic E-state index is 0.00198. The molecule has 0 saturated carbocycles. The summed E-state index contributed by atoms with van der Waals surface area (Å²) in [7, 11) is 0. The maximum Gasteiger partial charge on any atom is 0.226 e. The highest BCUT2D eigenvalue weighted by molar-refractivity contribution is 7.15. The number of rotatable bonds is 5. The van der Waals surface area contributed by atoms with Crippen molar-refractivity contribution in [2.75, 3.05) is 0 Å². The van der Waals surface area contributed by atoms with Crippen LogP contribution in [0.15, 0.2) is 42.0 Å². The number of amides is 1. The fraction of sp³-hybridized carbons (Fsp3) is 0.294. The van der Waals surface area contributed by atoms with E-state index in [1.54, 1.807) is 11.3 Å². The molecule has 1 N–H and O–H groups in total. The first-order valence-electron chi connectivity index (χ1n) is 7.45. The first kappa shape index (κ1) is 14.8. The van der Waals surface area contributed by atoms with Gasteiger partial charge in [-0.3, -0.25) is 9.20 Å². The SMILES string of the molecule is CCc1ccc(C(C)NC(=O)Cc2cn3ccsc3n2)cc1. The summed E-state index contributed by atoms with van der Waals surface area (Å²) in [4.78, 5) is 17.5. The third-order valence-corrected chi connectivity index (χ3v) is 4.52. The highest BCUT2D eigenvalue weighted by Gasteiger charge is 2.12. The number of aryl methyl sites for hydroxylation is 1. The van der Waals surface area contributed by atoms with Gasteiger partial charge in [-0.2, -0.15) is 0 Å². The number of aromatic nitrogens is 2. The first-order chi connectivity index (χ1) is 10.7. The molecule has 1 atom stereocenters. The quantitative estimate of drug-likeness (QED) is 0.785. The van der Waals surface area contributed by atoms with E-state index in [9.17, 15) is 4.79 Å². The fourth-order valence-corrected chi connectivity index (χ4v) is 3.16. The molecule has 4 nitrogen and oxygen atoms in total. The summed E-state index contributed by atoms with van der Waals surface area (Å²) in [6.07, 6.45) is 5.20. The Morgan fingerprint density at radius 2 is 2.14 bits per heavy atom. The van der Waals surface area contributed by atoms with E-state index >= 15 is 0 Å². The van der Waals surface area contributed by atoms with Crippen molar-refractivity contribution in [1.29, 1.82) is 0 Å². The summed E-state index contributed by atoms with van der Waals surface area (Å²) in [6, 6.07) is 8.39. The molecule has 0 bridgehead atoms. The topological polar surface area (TPSA) is 46.4 Å². The van der Waals surface area contributed by atoms with E-state index in [4.69, 9.17) is 0 Å². The number of fused-ring (bicyclic) bond motifs is 1. The van der Waals surface area contributed by atoms with E-state index in [-0.39, 0.29) is 11.9 Å². The van der Waals surface area contributed by atoms with Gasteiger partial charge in [0.05, 0.1) is 18.2 Å². The molecule has 0 aliphatic carbocycles. The summed E-state index contributed by atoms with van der Waals surface area (Å²) < 4.78 is 1.94. The van der Waals surface area contributed by atoms with Gasteiger partial charge in [-0.1, -0.05) is 31.2 Å². The van der Waals surface area contributed by atoms with Gasteiger partial charge >= 0.3 is 0 Å². The molecule has 3 rings (SSSR count). The summed E-state index contributed by atoms with van der Waals surface area (Å²) in [5.74, 6) is -0.00202. The van der Waals surface area contributed by atoms with Gasteiger partial charge in [0, 0.05) is 17.8 Å². The Morgan fingerprint density at radius 1 is 1.36 bits per heavy atom. The van der Waals surface area contributed by atoms with Crippen LogP contribution in [0.4, 0.5) is 0 Å². The van der Waals surface area contributed by atoms with Crippen molar-refractivity contribution in [2.24, 2.45) is 0 Å². The lowest BCUT2D eigenvalue weighted by Gasteiger charge is -2.14. The monoisotopic (exact) mass is 313 g/mol. The Balaban J connectivity index is 1.61. The zero-order chi connectivity index (χ0) is 15.5. The largest absolute Gasteiger partial charge is 0.349 e. The Labute approximate surface area is 133 Å². The average Bonchev–Trinajstić information content (AvgIpc) is 3.08. The Kier molecular flexibility index (Phi) is 4.24. The predicted octanol–water partition coefficient (Wildman–Crippen LogP) is 3.38. The molecule has 1 unspecified atom stereocenters. The number of imidazole rings is 1. The molecule has 2 heterocycles. The molecule has 114 valence electrons. The van der Waals surface area contributed by atoms with Crippen LogP contribution in [0.2, 0.25) is 0 Å². The van der Waals surface area contributed by atoms with Crippen molar-refractivity contribution < 1.29 is 4.79 Å². The van der Waals surface area contributed by atoms with E-state index in [0.29, 0.717) is 6.42 Å². The molecule has 0 saturated heterocycles. The van der Waals surface area contributed by atoms with E-state index in [1.165, 1.54) is 5.56 Å². The van der Waals surface area contributed by atoms with Gasteiger partial charge in [0.25, 0.3) is 0 Å². The van der Waals surface area contributed by atoms with Gasteiger partial charge in [0.1, 0.15) is 0 Å². The van der Waals surface area contributed by atoms with Crippen molar-refractivity contribution in [3.8, 4) is 0 Å². The van der Waals surface area contributed by atoms with Crippen molar-refractivity contribution in [3.63, 3.8) is 0 Å². The fourth-order valence-electron chi connectivity index (χ4n) is 2.44. The Morgan fingerprint density at radius 3 is 2.82 bits per heavy atom. The molecular weight excluding hydrogens is 294 g/mol. The van der Waals surface area contributed by atoms with Gasteiger partial charge in [0.15, 0.2) is 4.96 Å². The third kappa shape index (κ3) is 3.20.